The quantitative estimate of drug-likeness (QED) is 0.561. The molecule has 0 spiro atoms. The normalized spacial score (nSPS) is 10.0. The summed E-state index contributed by atoms with van der Waals surface area (Å²) in [5, 5.41) is 3.21. The summed E-state index contributed by atoms with van der Waals surface area (Å²) in [4.78, 5) is 11.6. The van der Waals surface area contributed by atoms with Gasteiger partial charge in [-0.05, 0) is 37.6 Å². The number of hydrogen-bond donors (Lipinski definition) is 2. The standard InChI is InChI=1S/C13H20N2O2/c1-2-9-17-13(16)11-5-3-6-12(10-11)15-8-4-7-14/h3,5-6,10,15H,2,4,7-9,14H2,1H3. The molecular weight excluding hydrogens is 216 g/mol. The third-order valence-electron chi connectivity index (χ3n) is 2.25. The summed E-state index contributed by atoms with van der Waals surface area (Å²) < 4.78 is 5.07. The van der Waals surface area contributed by atoms with Gasteiger partial charge < -0.3 is 15.8 Å². The van der Waals surface area contributed by atoms with Crippen LogP contribution >= 0.6 is 0 Å². The molecule has 0 saturated carbocycles. The van der Waals surface area contributed by atoms with Crippen molar-refractivity contribution in [3.8, 4) is 0 Å². The monoisotopic (exact) mass is 236 g/mol. The molecule has 0 saturated heterocycles. The number of anilines is 1. The highest BCUT2D eigenvalue weighted by molar-refractivity contribution is 5.90. The van der Waals surface area contributed by atoms with E-state index in [2.05, 4.69) is 5.32 Å². The molecule has 4 nitrogen and oxygen atoms in total. The van der Waals surface area contributed by atoms with Gasteiger partial charge in [0.25, 0.3) is 0 Å². The first kappa shape index (κ1) is 13.5. The second kappa shape index (κ2) is 7.68. The smallest absolute Gasteiger partial charge is 0.338 e. The van der Waals surface area contributed by atoms with Gasteiger partial charge in [0, 0.05) is 12.2 Å². The number of nitrogens with two attached hydrogens (primary N) is 1. The molecule has 0 amide bonds. The van der Waals surface area contributed by atoms with Crippen LogP contribution in [0, 0.1) is 0 Å². The highest BCUT2D eigenvalue weighted by Crippen LogP contribution is 2.11. The van der Waals surface area contributed by atoms with Crippen molar-refractivity contribution >= 4 is 11.7 Å². The molecule has 0 atom stereocenters. The Morgan fingerprint density at radius 2 is 2.29 bits per heavy atom. The number of carbonyl (C=O) groups is 1. The van der Waals surface area contributed by atoms with E-state index in [0.29, 0.717) is 18.7 Å². The predicted molar refractivity (Wildman–Crippen MR) is 69.2 cm³/mol. The van der Waals surface area contributed by atoms with Crippen LogP contribution in [0.2, 0.25) is 0 Å². The third kappa shape index (κ3) is 4.87. The number of ether oxygens (including phenoxy) is 1. The Labute approximate surface area is 102 Å². The Hall–Kier alpha value is -1.55. The van der Waals surface area contributed by atoms with Gasteiger partial charge in [0.1, 0.15) is 0 Å². The Balaban J connectivity index is 2.55. The number of carbonyl (C=O) groups excluding carboxylic acids is 1. The van der Waals surface area contributed by atoms with Crippen molar-refractivity contribution in [2.24, 2.45) is 5.73 Å². The van der Waals surface area contributed by atoms with Gasteiger partial charge in [0.15, 0.2) is 0 Å². The molecule has 0 aliphatic carbocycles. The fourth-order valence-electron chi connectivity index (χ4n) is 1.37. The van der Waals surface area contributed by atoms with E-state index in [4.69, 9.17) is 10.5 Å². The van der Waals surface area contributed by atoms with Crippen LogP contribution in [0.1, 0.15) is 30.1 Å². The highest BCUT2D eigenvalue weighted by Gasteiger charge is 2.06. The summed E-state index contributed by atoms with van der Waals surface area (Å²) >= 11 is 0. The minimum atomic E-state index is -0.269. The average Bonchev–Trinajstić information content (AvgIpc) is 2.36. The summed E-state index contributed by atoms with van der Waals surface area (Å²) in [6.45, 7) is 3.90. The molecule has 0 fully saturated rings. The number of nitrogens with one attached hydrogen (secondary N) is 1. The second-order valence-corrected chi connectivity index (χ2v) is 3.79. The minimum Gasteiger partial charge on any atom is -0.462 e. The molecule has 1 aromatic rings. The van der Waals surface area contributed by atoms with Crippen molar-refractivity contribution in [2.75, 3.05) is 25.0 Å². The number of esters is 1. The zero-order valence-corrected chi connectivity index (χ0v) is 10.2. The summed E-state index contributed by atoms with van der Waals surface area (Å²) in [5.41, 5.74) is 6.91. The van der Waals surface area contributed by atoms with E-state index in [1.54, 1.807) is 12.1 Å². The summed E-state index contributed by atoms with van der Waals surface area (Å²) in [6.07, 6.45) is 1.74. The van der Waals surface area contributed by atoms with Gasteiger partial charge >= 0.3 is 5.97 Å². The largest absolute Gasteiger partial charge is 0.462 e. The van der Waals surface area contributed by atoms with Gasteiger partial charge in [-0.1, -0.05) is 13.0 Å². The lowest BCUT2D eigenvalue weighted by Crippen LogP contribution is -2.10. The van der Waals surface area contributed by atoms with Crippen molar-refractivity contribution in [1.82, 2.24) is 0 Å². The van der Waals surface area contributed by atoms with Crippen LogP contribution < -0.4 is 11.1 Å². The molecule has 94 valence electrons. The number of rotatable bonds is 7. The maximum absolute atomic E-state index is 11.6. The minimum absolute atomic E-state index is 0.269. The van der Waals surface area contributed by atoms with Gasteiger partial charge in [-0.2, -0.15) is 0 Å². The van der Waals surface area contributed by atoms with Gasteiger partial charge in [-0.3, -0.25) is 0 Å². The lowest BCUT2D eigenvalue weighted by molar-refractivity contribution is 0.0505. The van der Waals surface area contributed by atoms with E-state index < -0.39 is 0 Å². The first-order valence-corrected chi connectivity index (χ1v) is 5.99. The Morgan fingerprint density at radius 3 is 3.00 bits per heavy atom. The van der Waals surface area contributed by atoms with E-state index >= 15 is 0 Å². The molecule has 1 rings (SSSR count). The van der Waals surface area contributed by atoms with Crippen molar-refractivity contribution < 1.29 is 9.53 Å². The Bertz CT molecular complexity index is 353. The van der Waals surface area contributed by atoms with E-state index in [0.717, 1.165) is 25.1 Å². The number of benzene rings is 1. The first-order valence-electron chi connectivity index (χ1n) is 5.99. The molecule has 3 N–H and O–H groups in total. The maximum atomic E-state index is 11.6. The van der Waals surface area contributed by atoms with E-state index in [1.807, 2.05) is 19.1 Å². The SMILES string of the molecule is CCCOC(=O)c1cccc(NCCCN)c1. The van der Waals surface area contributed by atoms with Crippen LogP contribution in [-0.4, -0.2) is 25.7 Å². The molecule has 0 radical (unpaired) electrons. The highest BCUT2D eigenvalue weighted by atomic mass is 16.5. The molecule has 1 aromatic carbocycles. The lowest BCUT2D eigenvalue weighted by Gasteiger charge is -2.07. The van der Waals surface area contributed by atoms with Crippen molar-refractivity contribution in [1.29, 1.82) is 0 Å². The molecule has 17 heavy (non-hydrogen) atoms. The fraction of sp³-hybridized carbons (Fsp3) is 0.462. The third-order valence-corrected chi connectivity index (χ3v) is 2.25. The molecule has 0 heterocycles. The van der Waals surface area contributed by atoms with Crippen LogP contribution in [0.5, 0.6) is 0 Å². The first-order chi connectivity index (χ1) is 8.27. The summed E-state index contributed by atoms with van der Waals surface area (Å²) in [5.74, 6) is -0.269. The zero-order valence-electron chi connectivity index (χ0n) is 10.2. The molecule has 0 aliphatic heterocycles. The van der Waals surface area contributed by atoms with Gasteiger partial charge in [0.05, 0.1) is 12.2 Å². The molecule has 4 heteroatoms. The molecule has 0 aliphatic rings. The van der Waals surface area contributed by atoms with Gasteiger partial charge in [0.2, 0.25) is 0 Å². The second-order valence-electron chi connectivity index (χ2n) is 3.79. The van der Waals surface area contributed by atoms with Gasteiger partial charge in [-0.25, -0.2) is 4.79 Å². The maximum Gasteiger partial charge on any atom is 0.338 e. The van der Waals surface area contributed by atoms with Crippen molar-refractivity contribution in [2.45, 2.75) is 19.8 Å². The van der Waals surface area contributed by atoms with E-state index in [9.17, 15) is 4.79 Å². The predicted octanol–water partition coefficient (Wildman–Crippen LogP) is 2.01. The molecular formula is C13H20N2O2. The Kier molecular flexibility index (Phi) is 6.10. The van der Waals surface area contributed by atoms with Crippen LogP contribution in [0.25, 0.3) is 0 Å². The molecule has 0 unspecified atom stereocenters. The number of hydrogen-bond acceptors (Lipinski definition) is 4. The topological polar surface area (TPSA) is 64.3 Å². The van der Waals surface area contributed by atoms with E-state index in [1.165, 1.54) is 0 Å². The van der Waals surface area contributed by atoms with Gasteiger partial charge in [-0.15, -0.1) is 0 Å². The Morgan fingerprint density at radius 1 is 1.47 bits per heavy atom. The van der Waals surface area contributed by atoms with Crippen molar-refractivity contribution in [3.63, 3.8) is 0 Å². The van der Waals surface area contributed by atoms with E-state index in [-0.39, 0.29) is 5.97 Å². The molecule has 0 aromatic heterocycles. The van der Waals surface area contributed by atoms with Crippen LogP contribution in [-0.2, 0) is 4.74 Å². The molecule has 0 bridgehead atoms. The lowest BCUT2D eigenvalue weighted by atomic mass is 10.2. The van der Waals surface area contributed by atoms with Crippen LogP contribution in [0.4, 0.5) is 5.69 Å². The van der Waals surface area contributed by atoms with Crippen molar-refractivity contribution in [3.05, 3.63) is 29.8 Å². The fourth-order valence-corrected chi connectivity index (χ4v) is 1.37. The summed E-state index contributed by atoms with van der Waals surface area (Å²) in [6, 6.07) is 7.32. The zero-order chi connectivity index (χ0) is 12.5. The average molecular weight is 236 g/mol. The van der Waals surface area contributed by atoms with Crippen LogP contribution in [0.3, 0.4) is 0 Å². The van der Waals surface area contributed by atoms with Crippen LogP contribution in [0.15, 0.2) is 24.3 Å². The summed E-state index contributed by atoms with van der Waals surface area (Å²) in [7, 11) is 0.